The van der Waals surface area contributed by atoms with Crippen molar-refractivity contribution < 1.29 is 0 Å². The predicted octanol–water partition coefficient (Wildman–Crippen LogP) is 9.99. The molecule has 1 aromatic heterocycles. The molecule has 186 valence electrons. The van der Waals surface area contributed by atoms with Crippen LogP contribution in [-0.2, 0) is 5.41 Å². The highest BCUT2D eigenvalue weighted by atomic mass is 15.0. The van der Waals surface area contributed by atoms with Gasteiger partial charge < -0.3 is 9.88 Å². The molecule has 2 heteroatoms. The fourth-order valence-corrected chi connectivity index (χ4v) is 6.64. The van der Waals surface area contributed by atoms with Crippen LogP contribution in [0.3, 0.4) is 0 Å². The Morgan fingerprint density at radius 3 is 2.10 bits per heavy atom. The van der Waals surface area contributed by atoms with E-state index >= 15 is 0 Å². The number of anilines is 2. The summed E-state index contributed by atoms with van der Waals surface area (Å²) in [6.45, 7) is 4.65. The Kier molecular flexibility index (Phi) is 4.60. The van der Waals surface area contributed by atoms with Gasteiger partial charge in [0.05, 0.1) is 11.0 Å². The van der Waals surface area contributed by atoms with Crippen molar-refractivity contribution in [1.82, 2.24) is 4.57 Å². The van der Waals surface area contributed by atoms with Crippen molar-refractivity contribution in [2.75, 3.05) is 5.32 Å². The maximum atomic E-state index is 3.67. The van der Waals surface area contributed by atoms with Crippen molar-refractivity contribution in [3.05, 3.63) is 139 Å². The molecule has 1 aliphatic carbocycles. The predicted molar refractivity (Wildman–Crippen MR) is 166 cm³/mol. The van der Waals surface area contributed by atoms with E-state index in [1.165, 1.54) is 54.8 Å². The summed E-state index contributed by atoms with van der Waals surface area (Å²) >= 11 is 0. The summed E-state index contributed by atoms with van der Waals surface area (Å²) in [6.07, 6.45) is 0. The molecule has 8 rings (SSSR count). The second kappa shape index (κ2) is 8.09. The number of aromatic nitrogens is 1. The lowest BCUT2D eigenvalue weighted by Crippen LogP contribution is -2.15. The third-order valence-corrected chi connectivity index (χ3v) is 8.56. The molecule has 0 fully saturated rings. The zero-order chi connectivity index (χ0) is 26.1. The van der Waals surface area contributed by atoms with E-state index in [4.69, 9.17) is 0 Å². The molecular weight excluding hydrogens is 472 g/mol. The average molecular weight is 501 g/mol. The van der Waals surface area contributed by atoms with Crippen LogP contribution in [0.25, 0.3) is 49.4 Å². The van der Waals surface area contributed by atoms with Gasteiger partial charge in [-0.3, -0.25) is 0 Å². The Bertz CT molecular complexity index is 2060. The Morgan fingerprint density at radius 1 is 0.538 bits per heavy atom. The van der Waals surface area contributed by atoms with E-state index in [1.807, 2.05) is 0 Å². The summed E-state index contributed by atoms with van der Waals surface area (Å²) in [5, 5.41) is 8.76. The van der Waals surface area contributed by atoms with Gasteiger partial charge in [0.1, 0.15) is 0 Å². The zero-order valence-electron chi connectivity index (χ0n) is 22.1. The molecule has 39 heavy (non-hydrogen) atoms. The minimum atomic E-state index is -0.00716. The van der Waals surface area contributed by atoms with Crippen molar-refractivity contribution >= 4 is 44.0 Å². The number of fused-ring (bicyclic) bond motifs is 8. The molecule has 7 aromatic rings. The van der Waals surface area contributed by atoms with Gasteiger partial charge in [0.15, 0.2) is 0 Å². The molecule has 0 unspecified atom stereocenters. The first kappa shape index (κ1) is 22.2. The minimum absolute atomic E-state index is 0.00716. The van der Waals surface area contributed by atoms with Crippen LogP contribution in [0, 0.1) is 0 Å². The smallest absolute Gasteiger partial charge is 0.0619 e. The minimum Gasteiger partial charge on any atom is -0.356 e. The lowest BCUT2D eigenvalue weighted by atomic mass is 9.82. The van der Waals surface area contributed by atoms with Crippen LogP contribution in [0.4, 0.5) is 11.4 Å². The number of rotatable bonds is 3. The first-order valence-corrected chi connectivity index (χ1v) is 13.6. The number of nitrogens with one attached hydrogen (secondary N) is 1. The van der Waals surface area contributed by atoms with E-state index in [9.17, 15) is 0 Å². The van der Waals surface area contributed by atoms with Crippen molar-refractivity contribution in [1.29, 1.82) is 0 Å². The third kappa shape index (κ3) is 3.21. The summed E-state index contributed by atoms with van der Waals surface area (Å²) in [4.78, 5) is 0. The third-order valence-electron chi connectivity index (χ3n) is 8.56. The van der Waals surface area contributed by atoms with E-state index in [0.29, 0.717) is 0 Å². The number of para-hydroxylation sites is 1. The fraction of sp³-hybridized carbons (Fsp3) is 0.0811. The van der Waals surface area contributed by atoms with Crippen LogP contribution in [-0.4, -0.2) is 4.57 Å². The van der Waals surface area contributed by atoms with Gasteiger partial charge in [0.25, 0.3) is 0 Å². The van der Waals surface area contributed by atoms with Crippen LogP contribution >= 0.6 is 0 Å². The Balaban J connectivity index is 1.20. The molecule has 0 bridgehead atoms. The summed E-state index contributed by atoms with van der Waals surface area (Å²) in [5.41, 5.74) is 11.3. The van der Waals surface area contributed by atoms with Crippen molar-refractivity contribution in [2.45, 2.75) is 19.3 Å². The first-order chi connectivity index (χ1) is 19.1. The van der Waals surface area contributed by atoms with Crippen LogP contribution in [0.2, 0.25) is 0 Å². The van der Waals surface area contributed by atoms with Crippen molar-refractivity contribution in [3.63, 3.8) is 0 Å². The topological polar surface area (TPSA) is 17.0 Å². The van der Waals surface area contributed by atoms with Gasteiger partial charge in [-0.05, 0) is 70.1 Å². The standard InChI is InChI=1S/C37H28N2/c1-37(2)33-13-7-5-11-29(33)30-22-18-26(23-34(30)37)38-25-16-19-27(20-17-25)39-35-14-8-6-12-31(35)32-21-15-24-9-3-4-10-28(24)36(32)39/h3-23,38H,1-2H3. The molecule has 6 aromatic carbocycles. The molecule has 0 aliphatic heterocycles. The normalized spacial score (nSPS) is 13.6. The van der Waals surface area contributed by atoms with Gasteiger partial charge in [-0.2, -0.15) is 0 Å². The van der Waals surface area contributed by atoms with Crippen LogP contribution < -0.4 is 5.32 Å². The zero-order valence-corrected chi connectivity index (χ0v) is 22.1. The van der Waals surface area contributed by atoms with Crippen molar-refractivity contribution in [2.24, 2.45) is 0 Å². The molecule has 1 heterocycles. The van der Waals surface area contributed by atoms with Gasteiger partial charge >= 0.3 is 0 Å². The van der Waals surface area contributed by atoms with E-state index in [0.717, 1.165) is 17.1 Å². The van der Waals surface area contributed by atoms with E-state index in [-0.39, 0.29) is 5.41 Å². The maximum absolute atomic E-state index is 3.67. The number of hydrogen-bond donors (Lipinski definition) is 1. The van der Waals surface area contributed by atoms with E-state index < -0.39 is 0 Å². The van der Waals surface area contributed by atoms with E-state index in [1.54, 1.807) is 0 Å². The monoisotopic (exact) mass is 500 g/mol. The quantitative estimate of drug-likeness (QED) is 0.255. The number of nitrogens with zero attached hydrogens (tertiary/aromatic N) is 1. The molecule has 1 aliphatic rings. The summed E-state index contributed by atoms with van der Waals surface area (Å²) in [6, 6.07) is 46.3. The maximum Gasteiger partial charge on any atom is 0.0619 e. The van der Waals surface area contributed by atoms with Gasteiger partial charge in [-0.15, -0.1) is 0 Å². The lowest BCUT2D eigenvalue weighted by molar-refractivity contribution is 0.660. The Labute approximate surface area is 228 Å². The molecule has 0 saturated heterocycles. The van der Waals surface area contributed by atoms with Crippen LogP contribution in [0.1, 0.15) is 25.0 Å². The summed E-state index contributed by atoms with van der Waals surface area (Å²) in [7, 11) is 0. The van der Waals surface area contributed by atoms with Gasteiger partial charge in [-0.1, -0.05) is 98.8 Å². The van der Waals surface area contributed by atoms with Gasteiger partial charge in [-0.25, -0.2) is 0 Å². The second-order valence-corrected chi connectivity index (χ2v) is 11.1. The van der Waals surface area contributed by atoms with E-state index in [2.05, 4.69) is 151 Å². The second-order valence-electron chi connectivity index (χ2n) is 11.1. The summed E-state index contributed by atoms with van der Waals surface area (Å²) in [5.74, 6) is 0. The number of hydrogen-bond acceptors (Lipinski definition) is 1. The van der Waals surface area contributed by atoms with Crippen LogP contribution in [0.15, 0.2) is 127 Å². The Morgan fingerprint density at radius 2 is 1.23 bits per heavy atom. The molecule has 0 saturated carbocycles. The Hall–Kier alpha value is -4.82. The average Bonchev–Trinajstić information content (AvgIpc) is 3.43. The number of benzene rings is 6. The SMILES string of the molecule is CC1(C)c2ccccc2-c2ccc(Nc3ccc(-n4c5ccccc5c5ccc6ccccc6c54)cc3)cc21. The molecule has 0 atom stereocenters. The highest BCUT2D eigenvalue weighted by molar-refractivity contribution is 6.18. The molecule has 0 radical (unpaired) electrons. The largest absolute Gasteiger partial charge is 0.356 e. The first-order valence-electron chi connectivity index (χ1n) is 13.6. The van der Waals surface area contributed by atoms with Crippen molar-refractivity contribution in [3.8, 4) is 16.8 Å². The summed E-state index contributed by atoms with van der Waals surface area (Å²) < 4.78 is 2.41. The highest BCUT2D eigenvalue weighted by Gasteiger charge is 2.35. The van der Waals surface area contributed by atoms with Crippen LogP contribution in [0.5, 0.6) is 0 Å². The fourth-order valence-electron chi connectivity index (χ4n) is 6.64. The molecule has 0 amide bonds. The highest BCUT2D eigenvalue weighted by Crippen LogP contribution is 2.49. The van der Waals surface area contributed by atoms with Gasteiger partial charge in [0.2, 0.25) is 0 Å². The lowest BCUT2D eigenvalue weighted by Gasteiger charge is -2.22. The molecule has 2 nitrogen and oxygen atoms in total. The molecular formula is C37H28N2. The molecule has 0 spiro atoms. The molecule has 1 N–H and O–H groups in total. The van der Waals surface area contributed by atoms with Gasteiger partial charge in [0, 0.05) is 38.6 Å².